The second-order valence-electron chi connectivity index (χ2n) is 2.99. The van der Waals surface area contributed by atoms with Gasteiger partial charge in [-0.25, -0.2) is 9.59 Å². The van der Waals surface area contributed by atoms with Gasteiger partial charge in [-0.1, -0.05) is 11.6 Å². The van der Waals surface area contributed by atoms with E-state index in [4.69, 9.17) is 21.1 Å². The standard InChI is InChI=1S/C10H7ClO4/c11-8-5-14-9(12)6-1-3-7(4-2-6)10(13)15-8/h1-4,8H,5H2. The highest BCUT2D eigenvalue weighted by Crippen LogP contribution is 2.13. The number of alkyl halides is 1. The highest BCUT2D eigenvalue weighted by Gasteiger charge is 2.19. The van der Waals surface area contributed by atoms with Crippen molar-refractivity contribution in [2.24, 2.45) is 0 Å². The Morgan fingerprint density at radius 2 is 1.60 bits per heavy atom. The van der Waals surface area contributed by atoms with Crippen molar-refractivity contribution in [2.75, 3.05) is 6.61 Å². The SMILES string of the molecule is O=C1OCC(Cl)OC(=O)c2ccc1cc2. The van der Waals surface area contributed by atoms with E-state index in [-0.39, 0.29) is 6.61 Å². The van der Waals surface area contributed by atoms with Gasteiger partial charge in [0.15, 0.2) is 0 Å². The van der Waals surface area contributed by atoms with Gasteiger partial charge in [-0.3, -0.25) is 0 Å². The number of benzene rings is 1. The fraction of sp³-hybridized carbons (Fsp3) is 0.200. The molecule has 1 aromatic carbocycles. The lowest BCUT2D eigenvalue weighted by Gasteiger charge is -2.14. The molecule has 1 aromatic rings. The van der Waals surface area contributed by atoms with Crippen LogP contribution in [0.2, 0.25) is 0 Å². The first-order chi connectivity index (χ1) is 7.16. The van der Waals surface area contributed by atoms with Crippen LogP contribution in [-0.4, -0.2) is 24.1 Å². The number of ether oxygens (including phenoxy) is 2. The minimum Gasteiger partial charge on any atom is -0.457 e. The average Bonchev–Trinajstić information content (AvgIpc) is 2.25. The molecule has 0 saturated heterocycles. The van der Waals surface area contributed by atoms with Crippen LogP contribution in [-0.2, 0) is 9.47 Å². The number of carbonyl (C=O) groups is 2. The van der Waals surface area contributed by atoms with E-state index in [2.05, 4.69) is 0 Å². The fourth-order valence-corrected chi connectivity index (χ4v) is 1.33. The molecule has 0 amide bonds. The third-order valence-corrected chi connectivity index (χ3v) is 2.15. The van der Waals surface area contributed by atoms with Crippen LogP contribution in [0.15, 0.2) is 24.3 Å². The molecule has 0 saturated carbocycles. The molecule has 2 aliphatic rings. The predicted octanol–water partition coefficient (Wildman–Crippen LogP) is 1.58. The number of fused-ring (bicyclic) bond motifs is 7. The van der Waals surface area contributed by atoms with Gasteiger partial charge in [0, 0.05) is 0 Å². The van der Waals surface area contributed by atoms with Crippen molar-refractivity contribution < 1.29 is 19.1 Å². The highest BCUT2D eigenvalue weighted by atomic mass is 35.5. The van der Waals surface area contributed by atoms with E-state index in [0.29, 0.717) is 11.1 Å². The Balaban J connectivity index is 2.39. The van der Waals surface area contributed by atoms with E-state index in [0.717, 1.165) is 0 Å². The van der Waals surface area contributed by atoms with Crippen LogP contribution >= 0.6 is 11.6 Å². The maximum absolute atomic E-state index is 11.4. The minimum absolute atomic E-state index is 0.148. The maximum atomic E-state index is 11.4. The number of carbonyl (C=O) groups excluding carboxylic acids is 2. The summed E-state index contributed by atoms with van der Waals surface area (Å²) in [5.41, 5.74) is -0.202. The summed E-state index contributed by atoms with van der Waals surface area (Å²) in [5.74, 6) is -1.01. The van der Waals surface area contributed by atoms with Crippen molar-refractivity contribution in [3.8, 4) is 0 Å². The van der Waals surface area contributed by atoms with Crippen LogP contribution < -0.4 is 0 Å². The van der Waals surface area contributed by atoms with Crippen molar-refractivity contribution in [1.82, 2.24) is 0 Å². The Morgan fingerprint density at radius 1 is 1.07 bits per heavy atom. The molecule has 1 unspecified atom stereocenters. The molecule has 0 aliphatic carbocycles. The van der Waals surface area contributed by atoms with Crippen molar-refractivity contribution in [3.63, 3.8) is 0 Å². The van der Waals surface area contributed by atoms with Crippen LogP contribution in [0, 0.1) is 0 Å². The maximum Gasteiger partial charge on any atom is 0.339 e. The van der Waals surface area contributed by atoms with Crippen molar-refractivity contribution in [3.05, 3.63) is 35.4 Å². The highest BCUT2D eigenvalue weighted by molar-refractivity contribution is 6.20. The third kappa shape index (κ3) is 2.10. The molecule has 5 heteroatoms. The molecular formula is C10H7ClO4. The molecule has 78 valence electrons. The zero-order valence-electron chi connectivity index (χ0n) is 7.60. The second kappa shape index (κ2) is 3.90. The molecule has 4 nitrogen and oxygen atoms in total. The van der Waals surface area contributed by atoms with Gasteiger partial charge in [-0.15, -0.1) is 0 Å². The molecule has 2 aliphatic heterocycles. The minimum atomic E-state index is -0.948. The molecular weight excluding hydrogens is 220 g/mol. The van der Waals surface area contributed by atoms with Crippen LogP contribution in [0.1, 0.15) is 20.7 Å². The molecule has 3 rings (SSSR count). The van der Waals surface area contributed by atoms with E-state index in [1.54, 1.807) is 0 Å². The Hall–Kier alpha value is -1.55. The summed E-state index contributed by atoms with van der Waals surface area (Å²) in [6.45, 7) is -0.148. The van der Waals surface area contributed by atoms with Gasteiger partial charge in [0.05, 0.1) is 11.1 Å². The number of hydrogen-bond acceptors (Lipinski definition) is 4. The van der Waals surface area contributed by atoms with E-state index in [1.165, 1.54) is 24.3 Å². The Bertz CT molecular complexity index is 398. The Labute approximate surface area is 90.7 Å². The summed E-state index contributed by atoms with van der Waals surface area (Å²) >= 11 is 5.63. The zero-order valence-corrected chi connectivity index (χ0v) is 8.36. The monoisotopic (exact) mass is 226 g/mol. The molecule has 2 heterocycles. The van der Waals surface area contributed by atoms with Gasteiger partial charge in [-0.05, 0) is 24.3 Å². The fourth-order valence-electron chi connectivity index (χ4n) is 1.19. The van der Waals surface area contributed by atoms with Crippen molar-refractivity contribution in [2.45, 2.75) is 5.56 Å². The zero-order chi connectivity index (χ0) is 10.8. The predicted molar refractivity (Wildman–Crippen MR) is 51.8 cm³/mol. The van der Waals surface area contributed by atoms with E-state index < -0.39 is 17.5 Å². The van der Waals surface area contributed by atoms with Gasteiger partial charge in [0.25, 0.3) is 0 Å². The lowest BCUT2D eigenvalue weighted by atomic mass is 10.1. The molecule has 0 spiro atoms. The lowest BCUT2D eigenvalue weighted by Crippen LogP contribution is -2.22. The van der Waals surface area contributed by atoms with E-state index in [9.17, 15) is 9.59 Å². The summed E-state index contributed by atoms with van der Waals surface area (Å²) in [5, 5.41) is 0. The largest absolute Gasteiger partial charge is 0.457 e. The summed E-state index contributed by atoms with van der Waals surface area (Å²) in [6.07, 6.45) is 0. The van der Waals surface area contributed by atoms with Gasteiger partial charge >= 0.3 is 11.9 Å². The first-order valence-electron chi connectivity index (χ1n) is 4.29. The number of hydrogen-bond donors (Lipinski definition) is 0. The molecule has 15 heavy (non-hydrogen) atoms. The summed E-state index contributed by atoms with van der Waals surface area (Å²) in [6, 6.07) is 6.00. The number of rotatable bonds is 0. The van der Waals surface area contributed by atoms with Gasteiger partial charge < -0.3 is 9.47 Å². The molecule has 0 N–H and O–H groups in total. The third-order valence-electron chi connectivity index (χ3n) is 1.94. The molecule has 2 bridgehead atoms. The van der Waals surface area contributed by atoms with E-state index >= 15 is 0 Å². The van der Waals surface area contributed by atoms with Crippen LogP contribution in [0.5, 0.6) is 0 Å². The van der Waals surface area contributed by atoms with Gasteiger partial charge in [-0.2, -0.15) is 0 Å². The molecule has 1 atom stereocenters. The van der Waals surface area contributed by atoms with Gasteiger partial charge in [0.1, 0.15) is 6.61 Å². The topological polar surface area (TPSA) is 52.6 Å². The molecule has 0 radical (unpaired) electrons. The van der Waals surface area contributed by atoms with Crippen LogP contribution in [0.25, 0.3) is 0 Å². The van der Waals surface area contributed by atoms with Gasteiger partial charge in [0.2, 0.25) is 5.56 Å². The quantitative estimate of drug-likeness (QED) is 0.498. The lowest BCUT2D eigenvalue weighted by molar-refractivity contribution is 0.0178. The number of halogens is 1. The Kier molecular flexibility index (Phi) is 2.60. The normalized spacial score (nSPS) is 20.7. The first kappa shape index (κ1) is 9.98. The summed E-state index contributed by atoms with van der Waals surface area (Å²) in [7, 11) is 0. The molecule has 0 fully saturated rings. The van der Waals surface area contributed by atoms with Crippen molar-refractivity contribution >= 4 is 23.5 Å². The average molecular weight is 227 g/mol. The second-order valence-corrected chi connectivity index (χ2v) is 3.48. The Morgan fingerprint density at radius 3 is 2.20 bits per heavy atom. The molecule has 0 aromatic heterocycles. The first-order valence-corrected chi connectivity index (χ1v) is 4.73. The smallest absolute Gasteiger partial charge is 0.339 e. The summed E-state index contributed by atoms with van der Waals surface area (Å²) in [4.78, 5) is 22.7. The van der Waals surface area contributed by atoms with Crippen LogP contribution in [0.3, 0.4) is 0 Å². The van der Waals surface area contributed by atoms with E-state index in [1.807, 2.05) is 0 Å². The number of esters is 2. The summed E-state index contributed by atoms with van der Waals surface area (Å²) < 4.78 is 9.61. The van der Waals surface area contributed by atoms with Crippen LogP contribution in [0.4, 0.5) is 0 Å². The van der Waals surface area contributed by atoms with Crippen molar-refractivity contribution in [1.29, 1.82) is 0 Å².